The first-order chi connectivity index (χ1) is 18.5. The van der Waals surface area contributed by atoms with Crippen LogP contribution in [0.5, 0.6) is 5.75 Å². The minimum atomic E-state index is -1.40. The van der Waals surface area contributed by atoms with E-state index in [0.29, 0.717) is 29.0 Å². The van der Waals surface area contributed by atoms with Crippen molar-refractivity contribution in [3.8, 4) is 5.75 Å². The van der Waals surface area contributed by atoms with Crippen LogP contribution in [0.15, 0.2) is 115 Å². The number of carboxylic acids is 1. The van der Waals surface area contributed by atoms with E-state index in [9.17, 15) is 19.5 Å². The molecular formula is C32H29NO5. The molecule has 0 saturated heterocycles. The fourth-order valence-electron chi connectivity index (χ4n) is 4.24. The van der Waals surface area contributed by atoms with E-state index in [1.165, 1.54) is 0 Å². The van der Waals surface area contributed by atoms with Crippen molar-refractivity contribution in [3.63, 3.8) is 0 Å². The quantitative estimate of drug-likeness (QED) is 0.305. The molecule has 0 heterocycles. The molecule has 4 aromatic rings. The molecule has 192 valence electrons. The average Bonchev–Trinajstić information content (AvgIpc) is 2.93. The Morgan fingerprint density at radius 2 is 1.08 bits per heavy atom. The second kappa shape index (κ2) is 13.0. The van der Waals surface area contributed by atoms with Gasteiger partial charge in [0.25, 0.3) is 0 Å². The fourth-order valence-corrected chi connectivity index (χ4v) is 4.24. The monoisotopic (exact) mass is 507 g/mol. The van der Waals surface area contributed by atoms with Crippen LogP contribution in [0.2, 0.25) is 0 Å². The number of aliphatic carboxylic acids is 1. The van der Waals surface area contributed by atoms with E-state index in [0.717, 1.165) is 10.5 Å². The number of nitrogens with zero attached hydrogens (tertiary/aromatic N) is 1. The maximum atomic E-state index is 13.5. The van der Waals surface area contributed by atoms with Crippen molar-refractivity contribution in [2.75, 3.05) is 0 Å². The van der Waals surface area contributed by atoms with Gasteiger partial charge in [-0.25, -0.2) is 4.79 Å². The molecule has 0 spiro atoms. The molecule has 0 aliphatic carbocycles. The van der Waals surface area contributed by atoms with Crippen LogP contribution in [-0.4, -0.2) is 33.8 Å². The minimum absolute atomic E-state index is 0.0820. The summed E-state index contributed by atoms with van der Waals surface area (Å²) in [5, 5.41) is 10.2. The van der Waals surface area contributed by atoms with Gasteiger partial charge in [0.1, 0.15) is 18.4 Å². The number of ether oxygens (including phenoxy) is 1. The van der Waals surface area contributed by atoms with Crippen molar-refractivity contribution in [2.45, 2.75) is 31.9 Å². The number of carboxylic acid groups (broad SMARTS) is 1. The van der Waals surface area contributed by atoms with Crippen molar-refractivity contribution in [3.05, 3.63) is 138 Å². The third-order valence-electron chi connectivity index (χ3n) is 6.15. The fraction of sp³-hybridized carbons (Fsp3) is 0.156. The van der Waals surface area contributed by atoms with Gasteiger partial charge in [0.2, 0.25) is 11.8 Å². The Labute approximate surface area is 222 Å². The summed E-state index contributed by atoms with van der Waals surface area (Å²) in [4.78, 5) is 40.4. The zero-order valence-electron chi connectivity index (χ0n) is 20.9. The molecule has 1 unspecified atom stereocenters. The van der Waals surface area contributed by atoms with Crippen LogP contribution < -0.4 is 4.74 Å². The second-order valence-corrected chi connectivity index (χ2v) is 8.92. The number of carbonyl (C=O) groups is 3. The Kier molecular flexibility index (Phi) is 9.03. The summed E-state index contributed by atoms with van der Waals surface area (Å²) in [5.74, 6) is -1.88. The number of rotatable bonds is 11. The standard InChI is InChI=1S/C32H29NO5/c34-30(20-24-12-4-1-5-13-24)33(31(35)21-25-14-6-2-7-15-25)28(32(36)37)22-27-18-10-11-19-29(27)38-23-26-16-8-3-9-17-26/h1-19,28H,20-23H2,(H,36,37). The largest absolute Gasteiger partial charge is 0.489 e. The van der Waals surface area contributed by atoms with Gasteiger partial charge in [-0.05, 0) is 28.3 Å². The van der Waals surface area contributed by atoms with Crippen molar-refractivity contribution < 1.29 is 24.2 Å². The van der Waals surface area contributed by atoms with Crippen molar-refractivity contribution in [2.24, 2.45) is 0 Å². The van der Waals surface area contributed by atoms with E-state index in [1.54, 1.807) is 72.8 Å². The van der Waals surface area contributed by atoms with Gasteiger partial charge in [-0.1, -0.05) is 109 Å². The van der Waals surface area contributed by atoms with E-state index in [-0.39, 0.29) is 19.3 Å². The van der Waals surface area contributed by atoms with Gasteiger partial charge < -0.3 is 9.84 Å². The molecule has 0 fully saturated rings. The van der Waals surface area contributed by atoms with Crippen LogP contribution in [0.3, 0.4) is 0 Å². The molecule has 0 bridgehead atoms. The predicted octanol–water partition coefficient (Wildman–Crippen LogP) is 5.10. The van der Waals surface area contributed by atoms with E-state index >= 15 is 0 Å². The highest BCUT2D eigenvalue weighted by Crippen LogP contribution is 2.24. The van der Waals surface area contributed by atoms with Crippen LogP contribution in [0, 0.1) is 0 Å². The van der Waals surface area contributed by atoms with Crippen LogP contribution >= 0.6 is 0 Å². The maximum Gasteiger partial charge on any atom is 0.327 e. The average molecular weight is 508 g/mol. The van der Waals surface area contributed by atoms with Gasteiger partial charge in [0.15, 0.2) is 0 Å². The van der Waals surface area contributed by atoms with E-state index in [4.69, 9.17) is 4.74 Å². The summed E-state index contributed by atoms with van der Waals surface area (Å²) < 4.78 is 6.01. The van der Waals surface area contributed by atoms with E-state index in [1.807, 2.05) is 42.5 Å². The van der Waals surface area contributed by atoms with Crippen LogP contribution in [-0.2, 0) is 40.3 Å². The highest BCUT2D eigenvalue weighted by molar-refractivity contribution is 6.00. The minimum Gasteiger partial charge on any atom is -0.489 e. The summed E-state index contributed by atoms with van der Waals surface area (Å²) in [6, 6.07) is 33.3. The highest BCUT2D eigenvalue weighted by atomic mass is 16.5. The normalized spacial score (nSPS) is 11.4. The van der Waals surface area contributed by atoms with Crippen molar-refractivity contribution >= 4 is 17.8 Å². The summed E-state index contributed by atoms with van der Waals surface area (Å²) in [6.45, 7) is 0.305. The zero-order chi connectivity index (χ0) is 26.7. The summed E-state index contributed by atoms with van der Waals surface area (Å²) >= 11 is 0. The number of carbonyl (C=O) groups excluding carboxylic acids is 2. The zero-order valence-corrected chi connectivity index (χ0v) is 20.9. The lowest BCUT2D eigenvalue weighted by Crippen LogP contribution is -2.51. The Morgan fingerprint density at radius 3 is 1.58 bits per heavy atom. The number of hydrogen-bond donors (Lipinski definition) is 1. The molecule has 4 aromatic carbocycles. The van der Waals surface area contributed by atoms with Gasteiger partial charge in [-0.15, -0.1) is 0 Å². The number of amides is 2. The molecule has 38 heavy (non-hydrogen) atoms. The second-order valence-electron chi connectivity index (χ2n) is 8.92. The lowest BCUT2D eigenvalue weighted by atomic mass is 10.0. The molecule has 0 aromatic heterocycles. The molecular weight excluding hydrogens is 478 g/mol. The van der Waals surface area contributed by atoms with Crippen LogP contribution in [0.1, 0.15) is 22.3 Å². The molecule has 0 aliphatic heterocycles. The topological polar surface area (TPSA) is 83.9 Å². The first-order valence-corrected chi connectivity index (χ1v) is 12.4. The third kappa shape index (κ3) is 7.17. The molecule has 6 nitrogen and oxygen atoms in total. The molecule has 1 N–H and O–H groups in total. The van der Waals surface area contributed by atoms with Gasteiger partial charge in [0.05, 0.1) is 12.8 Å². The van der Waals surface area contributed by atoms with E-state index < -0.39 is 23.8 Å². The van der Waals surface area contributed by atoms with Crippen molar-refractivity contribution in [1.82, 2.24) is 4.90 Å². The van der Waals surface area contributed by atoms with Gasteiger partial charge in [-0.3, -0.25) is 14.5 Å². The SMILES string of the molecule is O=C(O)C(Cc1ccccc1OCc1ccccc1)N(C(=O)Cc1ccccc1)C(=O)Cc1ccccc1. The molecule has 6 heteroatoms. The number of imide groups is 1. The van der Waals surface area contributed by atoms with Crippen molar-refractivity contribution in [1.29, 1.82) is 0 Å². The summed E-state index contributed by atoms with van der Waals surface area (Å²) in [6.07, 6.45) is -0.254. The summed E-state index contributed by atoms with van der Waals surface area (Å²) in [5.41, 5.74) is 2.96. The Balaban J connectivity index is 1.61. The molecule has 0 aliphatic rings. The van der Waals surface area contributed by atoms with Gasteiger partial charge >= 0.3 is 5.97 Å². The lowest BCUT2D eigenvalue weighted by molar-refractivity contribution is -0.157. The van der Waals surface area contributed by atoms with E-state index in [2.05, 4.69) is 0 Å². The third-order valence-corrected chi connectivity index (χ3v) is 6.15. The first-order valence-electron chi connectivity index (χ1n) is 12.4. The predicted molar refractivity (Wildman–Crippen MR) is 144 cm³/mol. The molecule has 2 amide bonds. The molecule has 0 saturated carbocycles. The number of benzene rings is 4. The lowest BCUT2D eigenvalue weighted by Gasteiger charge is -2.28. The van der Waals surface area contributed by atoms with Crippen LogP contribution in [0.25, 0.3) is 0 Å². The van der Waals surface area contributed by atoms with Crippen LogP contribution in [0.4, 0.5) is 0 Å². The summed E-state index contributed by atoms with van der Waals surface area (Å²) in [7, 11) is 0. The maximum absolute atomic E-state index is 13.5. The number of hydrogen-bond acceptors (Lipinski definition) is 4. The van der Waals surface area contributed by atoms with Gasteiger partial charge in [-0.2, -0.15) is 0 Å². The first kappa shape index (κ1) is 26.4. The Morgan fingerprint density at radius 1 is 0.632 bits per heavy atom. The Bertz CT molecular complexity index is 1300. The highest BCUT2D eigenvalue weighted by Gasteiger charge is 2.35. The van der Waals surface area contributed by atoms with Gasteiger partial charge in [0, 0.05) is 6.42 Å². The molecule has 0 radical (unpaired) electrons. The Hall–Kier alpha value is -4.71. The smallest absolute Gasteiger partial charge is 0.327 e. The molecule has 4 rings (SSSR count). The number of para-hydroxylation sites is 1. The molecule has 1 atom stereocenters.